The number of esters is 1. The Morgan fingerprint density at radius 2 is 1.41 bits per heavy atom. The number of nitrogens with zero attached hydrogens (tertiary/aromatic N) is 2. The Kier molecular flexibility index (Phi) is 10.4. The van der Waals surface area contributed by atoms with Gasteiger partial charge in [-0.25, -0.2) is 4.98 Å². The summed E-state index contributed by atoms with van der Waals surface area (Å²) >= 11 is 0. The molecule has 9 nitrogen and oxygen atoms in total. The van der Waals surface area contributed by atoms with Crippen LogP contribution in [0.3, 0.4) is 0 Å². The average molecular weight is 576 g/mol. The second-order valence-corrected chi connectivity index (χ2v) is 10.5. The Labute approximate surface area is 245 Å². The number of quaternary nitrogens is 1. The zero-order valence-corrected chi connectivity index (χ0v) is 24.2. The van der Waals surface area contributed by atoms with E-state index in [0.717, 1.165) is 28.1 Å². The number of likely N-dealkylation sites (N-methyl/N-ethyl adjacent to an activating group) is 1. The first-order chi connectivity index (χ1) is 19.1. The Hall–Kier alpha value is -4.47. The molecule has 1 atom stereocenters. The molecule has 0 aliphatic heterocycles. The number of aromatic nitrogens is 2. The normalized spacial score (nSPS) is 11.6. The minimum atomic E-state index is -0.608. The van der Waals surface area contributed by atoms with Crippen molar-refractivity contribution >= 4 is 17.8 Å². The highest BCUT2D eigenvalue weighted by Gasteiger charge is 2.24. The second-order valence-electron chi connectivity index (χ2n) is 10.5. The fourth-order valence-corrected chi connectivity index (χ4v) is 4.35. The van der Waals surface area contributed by atoms with Crippen molar-refractivity contribution in [3.63, 3.8) is 0 Å². The van der Waals surface area contributed by atoms with Crippen molar-refractivity contribution in [1.82, 2.24) is 20.8 Å². The first-order valence-electron chi connectivity index (χ1n) is 13.0. The molecule has 214 valence electrons. The molecule has 0 saturated carbocycles. The van der Waals surface area contributed by atoms with Gasteiger partial charge in [-0.2, -0.15) is 0 Å². The summed E-state index contributed by atoms with van der Waals surface area (Å²) < 4.78 is 5.79. The third kappa shape index (κ3) is 8.76. The highest BCUT2D eigenvalue weighted by Crippen LogP contribution is 2.32. The number of halogens is 1. The number of nitrogens with one attached hydrogen (secondary N) is 3. The summed E-state index contributed by atoms with van der Waals surface area (Å²) in [4.78, 5) is 44.9. The van der Waals surface area contributed by atoms with E-state index in [-0.39, 0.29) is 18.8 Å². The number of hydrazine groups is 1. The highest BCUT2D eigenvalue weighted by molar-refractivity contribution is 5.95. The molecule has 0 fully saturated rings. The van der Waals surface area contributed by atoms with Crippen molar-refractivity contribution in [1.29, 1.82) is 0 Å². The van der Waals surface area contributed by atoms with Gasteiger partial charge in [-0.05, 0) is 12.1 Å². The number of carbonyl (C=O) groups is 3. The van der Waals surface area contributed by atoms with Crippen molar-refractivity contribution < 1.29 is 36.0 Å². The van der Waals surface area contributed by atoms with E-state index in [9.17, 15) is 14.4 Å². The number of hydrogen-bond acceptors (Lipinski definition) is 5. The van der Waals surface area contributed by atoms with Gasteiger partial charge < -0.3 is 26.6 Å². The second kappa shape index (κ2) is 13.7. The minimum Gasteiger partial charge on any atom is -1.00 e. The molecule has 0 bridgehead atoms. The molecule has 0 saturated heterocycles. The molecular weight excluding hydrogens is 542 g/mol. The number of benzene rings is 3. The molecule has 1 unspecified atom stereocenters. The lowest BCUT2D eigenvalue weighted by molar-refractivity contribution is -0.873. The molecule has 1 heterocycles. The predicted octanol–water partition coefficient (Wildman–Crippen LogP) is 1.20. The topological polar surface area (TPSA) is 113 Å². The fourth-order valence-electron chi connectivity index (χ4n) is 4.35. The molecule has 0 aliphatic carbocycles. The van der Waals surface area contributed by atoms with Crippen LogP contribution in [0.15, 0.2) is 84.9 Å². The zero-order chi connectivity index (χ0) is 28.7. The van der Waals surface area contributed by atoms with Gasteiger partial charge in [0.1, 0.15) is 12.4 Å². The third-order valence-electron chi connectivity index (χ3n) is 6.05. The van der Waals surface area contributed by atoms with Gasteiger partial charge in [0.05, 0.1) is 39.0 Å². The highest BCUT2D eigenvalue weighted by atomic mass is 35.5. The van der Waals surface area contributed by atoms with E-state index >= 15 is 0 Å². The van der Waals surface area contributed by atoms with Crippen LogP contribution < -0.4 is 23.3 Å². The van der Waals surface area contributed by atoms with E-state index < -0.39 is 23.9 Å². The van der Waals surface area contributed by atoms with Crippen molar-refractivity contribution in [2.24, 2.45) is 0 Å². The van der Waals surface area contributed by atoms with Gasteiger partial charge in [0.15, 0.2) is 6.10 Å². The van der Waals surface area contributed by atoms with E-state index in [2.05, 4.69) is 15.8 Å². The quantitative estimate of drug-likeness (QED) is 0.158. The summed E-state index contributed by atoms with van der Waals surface area (Å²) in [7, 11) is 5.81. The molecule has 3 N–H and O–H groups in total. The first kappa shape index (κ1) is 31.1. The van der Waals surface area contributed by atoms with Gasteiger partial charge in [0.25, 0.3) is 5.91 Å². The minimum absolute atomic E-state index is 0. The summed E-state index contributed by atoms with van der Waals surface area (Å²) in [6, 6.07) is 26.9. The van der Waals surface area contributed by atoms with Crippen LogP contribution in [0.25, 0.3) is 33.9 Å². The smallest absolute Gasteiger partial charge is 0.303 e. The van der Waals surface area contributed by atoms with Crippen molar-refractivity contribution in [2.75, 3.05) is 27.7 Å². The van der Waals surface area contributed by atoms with Crippen molar-refractivity contribution in [2.45, 2.75) is 19.4 Å². The fraction of sp³-hybridized carbons (Fsp3) is 0.226. The maximum atomic E-state index is 12.7. The number of hydrogen-bond donors (Lipinski definition) is 3. The molecule has 1 aromatic heterocycles. The Bertz CT molecular complexity index is 1410. The van der Waals surface area contributed by atoms with Gasteiger partial charge in [0, 0.05) is 29.2 Å². The van der Waals surface area contributed by atoms with Crippen molar-refractivity contribution in [3.8, 4) is 33.9 Å². The Morgan fingerprint density at radius 1 is 0.829 bits per heavy atom. The summed E-state index contributed by atoms with van der Waals surface area (Å²) in [5.74, 6) is -0.711. The number of aromatic amines is 1. The Morgan fingerprint density at radius 3 is 1.98 bits per heavy atom. The molecular formula is C31H34ClN5O4. The predicted molar refractivity (Wildman–Crippen MR) is 154 cm³/mol. The largest absolute Gasteiger partial charge is 1.00 e. The Balaban J connectivity index is 0.00000462. The van der Waals surface area contributed by atoms with E-state index in [4.69, 9.17) is 9.72 Å². The molecule has 2 amide bonds. The zero-order valence-electron chi connectivity index (χ0n) is 23.5. The van der Waals surface area contributed by atoms with Gasteiger partial charge in [-0.3, -0.25) is 25.2 Å². The van der Waals surface area contributed by atoms with E-state index in [0.29, 0.717) is 22.4 Å². The lowest BCUT2D eigenvalue weighted by atomic mass is 10.1. The van der Waals surface area contributed by atoms with Crippen LogP contribution in [0, 0.1) is 0 Å². The average Bonchev–Trinajstić information content (AvgIpc) is 3.37. The van der Waals surface area contributed by atoms with Gasteiger partial charge in [-0.1, -0.05) is 72.8 Å². The van der Waals surface area contributed by atoms with Crippen LogP contribution in [0.4, 0.5) is 0 Å². The van der Waals surface area contributed by atoms with Gasteiger partial charge in [-0.15, -0.1) is 0 Å². The summed E-state index contributed by atoms with van der Waals surface area (Å²) in [5.41, 5.74) is 9.77. The van der Waals surface area contributed by atoms with E-state index in [1.54, 1.807) is 24.3 Å². The lowest BCUT2D eigenvalue weighted by Gasteiger charge is -2.28. The van der Waals surface area contributed by atoms with Crippen LogP contribution in [0.2, 0.25) is 0 Å². The number of H-pyrrole nitrogens is 1. The maximum absolute atomic E-state index is 12.7. The van der Waals surface area contributed by atoms with Crippen LogP contribution >= 0.6 is 0 Å². The number of ether oxygens (including phenoxy) is 1. The molecule has 4 rings (SSSR count). The summed E-state index contributed by atoms with van der Waals surface area (Å²) in [6.45, 7) is 1.76. The monoisotopic (exact) mass is 575 g/mol. The van der Waals surface area contributed by atoms with E-state index in [1.807, 2.05) is 81.8 Å². The maximum Gasteiger partial charge on any atom is 0.303 e. The number of imidazole rings is 1. The van der Waals surface area contributed by atoms with Crippen molar-refractivity contribution in [3.05, 3.63) is 90.5 Å². The van der Waals surface area contributed by atoms with Crippen LogP contribution in [0.5, 0.6) is 0 Å². The van der Waals surface area contributed by atoms with Crippen LogP contribution in [-0.2, 0) is 14.3 Å². The number of amides is 2. The SMILES string of the molecule is CC(=O)OC(CC(=O)NNC(=O)c1ccc(-c2nc(-c3ccccc3)c(-c3ccccc3)[nH]2)cc1)C[N+](C)(C)C.[Cl-]. The third-order valence-corrected chi connectivity index (χ3v) is 6.05. The summed E-state index contributed by atoms with van der Waals surface area (Å²) in [5, 5.41) is 0. The first-order valence-corrected chi connectivity index (χ1v) is 13.0. The van der Waals surface area contributed by atoms with Crippen LogP contribution in [-0.4, -0.2) is 66.0 Å². The lowest BCUT2D eigenvalue weighted by Crippen LogP contribution is -3.00. The number of carbonyl (C=O) groups excluding carboxylic acids is 3. The molecule has 10 heteroatoms. The molecule has 4 aromatic rings. The summed E-state index contributed by atoms with van der Waals surface area (Å²) in [6.07, 6.45) is -0.677. The van der Waals surface area contributed by atoms with Gasteiger partial charge in [0.2, 0.25) is 5.91 Å². The van der Waals surface area contributed by atoms with Crippen LogP contribution in [0.1, 0.15) is 23.7 Å². The molecule has 41 heavy (non-hydrogen) atoms. The number of rotatable bonds is 9. The molecule has 3 aromatic carbocycles. The molecule has 0 radical (unpaired) electrons. The standard InChI is InChI=1S/C31H33N5O4.ClH/c1-21(37)40-26(20-36(2,3)4)19-27(38)34-35-31(39)25-17-15-24(16-18-25)30-32-28(22-11-7-5-8-12-22)29(33-30)23-13-9-6-10-14-23;/h5-18,26H,19-20H2,1-4H3,(H2-,32,33,34,35,38,39);1H. The van der Waals surface area contributed by atoms with Gasteiger partial charge >= 0.3 is 5.97 Å². The van der Waals surface area contributed by atoms with E-state index in [1.165, 1.54) is 6.92 Å². The molecule has 0 aliphatic rings. The molecule has 0 spiro atoms.